The van der Waals surface area contributed by atoms with E-state index in [1.165, 1.54) is 12.7 Å². The summed E-state index contributed by atoms with van der Waals surface area (Å²) in [5.41, 5.74) is 3.04. The predicted octanol–water partition coefficient (Wildman–Crippen LogP) is 2.49. The van der Waals surface area contributed by atoms with Crippen LogP contribution in [0.2, 0.25) is 0 Å². The minimum atomic E-state index is -0.264. The number of hydrogen-bond donors (Lipinski definition) is 1. The van der Waals surface area contributed by atoms with Gasteiger partial charge < -0.3 is 10.1 Å². The Balaban J connectivity index is 1.76. The standard InChI is InChI=1S/C20H24N2O2/c1-24-20(23)19-10-6-5-9-17(19)15-22-12-11-21-14-18(22)13-16-7-3-2-4-8-16/h2-10,18,21H,11-15H2,1H3/t18-/m1/s1. The number of carbonyl (C=O) groups excluding carboxylic acids is 1. The van der Waals surface area contributed by atoms with Gasteiger partial charge in [0.2, 0.25) is 0 Å². The first-order valence-corrected chi connectivity index (χ1v) is 8.43. The van der Waals surface area contributed by atoms with E-state index in [1.54, 1.807) is 0 Å². The molecule has 3 rings (SSSR count). The smallest absolute Gasteiger partial charge is 0.338 e. The van der Waals surface area contributed by atoms with E-state index >= 15 is 0 Å². The van der Waals surface area contributed by atoms with Crippen LogP contribution in [0.1, 0.15) is 21.5 Å². The van der Waals surface area contributed by atoms with E-state index in [-0.39, 0.29) is 5.97 Å². The third-order valence-corrected chi connectivity index (χ3v) is 4.58. The molecule has 1 fully saturated rings. The average Bonchev–Trinajstić information content (AvgIpc) is 2.64. The monoisotopic (exact) mass is 324 g/mol. The van der Waals surface area contributed by atoms with Gasteiger partial charge in [0.1, 0.15) is 0 Å². The molecule has 1 saturated heterocycles. The minimum absolute atomic E-state index is 0.264. The lowest BCUT2D eigenvalue weighted by molar-refractivity contribution is 0.0596. The number of rotatable bonds is 5. The van der Waals surface area contributed by atoms with Crippen molar-refractivity contribution in [2.24, 2.45) is 0 Å². The largest absolute Gasteiger partial charge is 0.465 e. The van der Waals surface area contributed by atoms with E-state index in [2.05, 4.69) is 34.5 Å². The van der Waals surface area contributed by atoms with Crippen LogP contribution < -0.4 is 5.32 Å². The maximum absolute atomic E-state index is 12.0. The SMILES string of the molecule is COC(=O)c1ccccc1CN1CCNC[C@H]1Cc1ccccc1. The second kappa shape index (κ2) is 8.08. The lowest BCUT2D eigenvalue weighted by atomic mass is 10.0. The second-order valence-corrected chi connectivity index (χ2v) is 6.17. The molecule has 1 heterocycles. The molecule has 1 aliphatic rings. The predicted molar refractivity (Wildman–Crippen MR) is 95.0 cm³/mol. The number of esters is 1. The van der Waals surface area contributed by atoms with E-state index in [9.17, 15) is 4.79 Å². The molecule has 1 aliphatic heterocycles. The summed E-state index contributed by atoms with van der Waals surface area (Å²) >= 11 is 0. The first kappa shape index (κ1) is 16.7. The van der Waals surface area contributed by atoms with Crippen LogP contribution >= 0.6 is 0 Å². The number of nitrogens with one attached hydrogen (secondary N) is 1. The van der Waals surface area contributed by atoms with Crippen LogP contribution in [0.5, 0.6) is 0 Å². The molecule has 0 bridgehead atoms. The summed E-state index contributed by atoms with van der Waals surface area (Å²) in [5.74, 6) is -0.264. The molecule has 1 N–H and O–H groups in total. The van der Waals surface area contributed by atoms with Crippen molar-refractivity contribution in [3.8, 4) is 0 Å². The zero-order valence-corrected chi connectivity index (χ0v) is 14.1. The fourth-order valence-electron chi connectivity index (χ4n) is 3.28. The van der Waals surface area contributed by atoms with Gasteiger partial charge in [0.05, 0.1) is 12.7 Å². The molecule has 1 atom stereocenters. The van der Waals surface area contributed by atoms with Gasteiger partial charge in [-0.25, -0.2) is 4.79 Å². The van der Waals surface area contributed by atoms with Crippen LogP contribution in [-0.4, -0.2) is 43.7 Å². The third-order valence-electron chi connectivity index (χ3n) is 4.58. The van der Waals surface area contributed by atoms with Gasteiger partial charge in [-0.1, -0.05) is 48.5 Å². The molecule has 4 heteroatoms. The molecule has 126 valence electrons. The van der Waals surface area contributed by atoms with E-state index < -0.39 is 0 Å². The van der Waals surface area contributed by atoms with Crippen LogP contribution in [0, 0.1) is 0 Å². The lowest BCUT2D eigenvalue weighted by Gasteiger charge is -2.36. The van der Waals surface area contributed by atoms with Crippen molar-refractivity contribution in [3.05, 3.63) is 71.3 Å². The minimum Gasteiger partial charge on any atom is -0.465 e. The Hall–Kier alpha value is -2.17. The molecule has 24 heavy (non-hydrogen) atoms. The van der Waals surface area contributed by atoms with Crippen molar-refractivity contribution in [3.63, 3.8) is 0 Å². The maximum atomic E-state index is 12.0. The number of ether oxygens (including phenoxy) is 1. The Kier molecular flexibility index (Phi) is 5.62. The highest BCUT2D eigenvalue weighted by Gasteiger charge is 2.24. The fourth-order valence-corrected chi connectivity index (χ4v) is 3.28. The molecule has 0 unspecified atom stereocenters. The lowest BCUT2D eigenvalue weighted by Crippen LogP contribution is -2.51. The molecule has 0 amide bonds. The van der Waals surface area contributed by atoms with Gasteiger partial charge in [0.25, 0.3) is 0 Å². The fraction of sp³-hybridized carbons (Fsp3) is 0.350. The first-order chi connectivity index (χ1) is 11.8. The summed E-state index contributed by atoms with van der Waals surface area (Å²) in [7, 11) is 1.43. The number of carbonyl (C=O) groups is 1. The summed E-state index contributed by atoms with van der Waals surface area (Å²) in [4.78, 5) is 14.5. The number of nitrogens with zero attached hydrogens (tertiary/aromatic N) is 1. The van der Waals surface area contributed by atoms with Crippen LogP contribution in [0.15, 0.2) is 54.6 Å². The van der Waals surface area contributed by atoms with E-state index in [1.807, 2.05) is 30.3 Å². The summed E-state index contributed by atoms with van der Waals surface area (Å²) in [6.07, 6.45) is 1.01. The number of piperazine rings is 1. The van der Waals surface area contributed by atoms with Crippen LogP contribution in [0.3, 0.4) is 0 Å². The highest BCUT2D eigenvalue weighted by atomic mass is 16.5. The highest BCUT2D eigenvalue weighted by Crippen LogP contribution is 2.18. The normalized spacial score (nSPS) is 18.3. The Morgan fingerprint density at radius 1 is 1.17 bits per heavy atom. The van der Waals surface area contributed by atoms with Crippen molar-refractivity contribution in [2.45, 2.75) is 19.0 Å². The molecule has 0 aliphatic carbocycles. The molecule has 0 aromatic heterocycles. The molecule has 0 radical (unpaired) electrons. The molecule has 2 aromatic rings. The van der Waals surface area contributed by atoms with Gasteiger partial charge in [-0.05, 0) is 23.6 Å². The molecular formula is C20H24N2O2. The van der Waals surface area contributed by atoms with Crippen molar-refractivity contribution in [1.82, 2.24) is 10.2 Å². The van der Waals surface area contributed by atoms with Crippen LogP contribution in [0.25, 0.3) is 0 Å². The molecule has 2 aromatic carbocycles. The quantitative estimate of drug-likeness (QED) is 0.858. The van der Waals surface area contributed by atoms with Crippen LogP contribution in [0.4, 0.5) is 0 Å². The molecule has 0 saturated carbocycles. The third kappa shape index (κ3) is 4.02. The first-order valence-electron chi connectivity index (χ1n) is 8.43. The summed E-state index contributed by atoms with van der Waals surface area (Å²) in [6.45, 7) is 3.69. The Morgan fingerprint density at radius 2 is 1.92 bits per heavy atom. The Labute approximate surface area is 143 Å². The van der Waals surface area contributed by atoms with E-state index in [0.29, 0.717) is 11.6 Å². The molecule has 0 spiro atoms. The van der Waals surface area contributed by atoms with Crippen molar-refractivity contribution < 1.29 is 9.53 Å². The topological polar surface area (TPSA) is 41.6 Å². The summed E-state index contributed by atoms with van der Waals surface area (Å²) < 4.78 is 4.92. The highest BCUT2D eigenvalue weighted by molar-refractivity contribution is 5.90. The summed E-state index contributed by atoms with van der Waals surface area (Å²) in [6, 6.07) is 18.7. The zero-order valence-electron chi connectivity index (χ0n) is 14.1. The van der Waals surface area contributed by atoms with E-state index in [0.717, 1.165) is 38.2 Å². The van der Waals surface area contributed by atoms with Crippen LogP contribution in [-0.2, 0) is 17.7 Å². The van der Waals surface area contributed by atoms with Gasteiger partial charge in [0.15, 0.2) is 0 Å². The zero-order chi connectivity index (χ0) is 16.8. The van der Waals surface area contributed by atoms with Gasteiger partial charge in [0, 0.05) is 32.2 Å². The van der Waals surface area contributed by atoms with Gasteiger partial charge in [-0.3, -0.25) is 4.90 Å². The Bertz CT molecular complexity index is 672. The molecular weight excluding hydrogens is 300 g/mol. The molecule has 4 nitrogen and oxygen atoms in total. The number of benzene rings is 2. The van der Waals surface area contributed by atoms with Crippen molar-refractivity contribution in [2.75, 3.05) is 26.7 Å². The van der Waals surface area contributed by atoms with Crippen molar-refractivity contribution >= 4 is 5.97 Å². The van der Waals surface area contributed by atoms with Crippen molar-refractivity contribution in [1.29, 1.82) is 0 Å². The number of hydrogen-bond acceptors (Lipinski definition) is 4. The maximum Gasteiger partial charge on any atom is 0.338 e. The van der Waals surface area contributed by atoms with Gasteiger partial charge in [-0.15, -0.1) is 0 Å². The number of methoxy groups -OCH3 is 1. The van der Waals surface area contributed by atoms with Gasteiger partial charge in [-0.2, -0.15) is 0 Å². The van der Waals surface area contributed by atoms with Gasteiger partial charge >= 0.3 is 5.97 Å². The average molecular weight is 324 g/mol. The van der Waals surface area contributed by atoms with E-state index in [4.69, 9.17) is 4.74 Å². The Morgan fingerprint density at radius 3 is 2.71 bits per heavy atom. The summed E-state index contributed by atoms with van der Waals surface area (Å²) in [5, 5.41) is 3.49. The second-order valence-electron chi connectivity index (χ2n) is 6.17.